The molecular weight excluding hydrogens is 402 g/mol. The number of rotatable bonds is 9. The van der Waals surface area contributed by atoms with Crippen LogP contribution in [0.1, 0.15) is 29.2 Å². The van der Waals surface area contributed by atoms with Crippen LogP contribution < -0.4 is 4.74 Å². The summed E-state index contributed by atoms with van der Waals surface area (Å²) in [5, 5.41) is 43.4. The highest BCUT2D eigenvalue weighted by molar-refractivity contribution is 5.56. The Labute approximate surface area is 181 Å². The van der Waals surface area contributed by atoms with Gasteiger partial charge >= 0.3 is 0 Å². The van der Waals surface area contributed by atoms with Crippen LogP contribution in [0, 0.1) is 0 Å². The van der Waals surface area contributed by atoms with Gasteiger partial charge in [0.25, 0.3) is 0 Å². The smallest absolute Gasteiger partial charge is 0.119 e. The fourth-order valence-corrected chi connectivity index (χ4v) is 3.55. The predicted octanol–water partition coefficient (Wildman–Crippen LogP) is 1.19. The average molecular weight is 431 g/mol. The molecule has 1 fully saturated rings. The molecule has 0 spiro atoms. The van der Waals surface area contributed by atoms with Crippen molar-refractivity contribution in [3.63, 3.8) is 0 Å². The molecule has 8 nitrogen and oxygen atoms in total. The maximum absolute atomic E-state index is 10.4. The number of aliphatic hydroxyl groups is 4. The number of aliphatic hydroxyl groups excluding tert-OH is 4. The molecule has 0 unspecified atom stereocenters. The van der Waals surface area contributed by atoms with Gasteiger partial charge < -0.3 is 34.7 Å². The minimum Gasteiger partial charge on any atom is -0.493 e. The van der Waals surface area contributed by atoms with Gasteiger partial charge in [0.2, 0.25) is 0 Å². The maximum Gasteiger partial charge on any atom is 0.119 e. The molecule has 0 saturated carbocycles. The van der Waals surface area contributed by atoms with E-state index < -0.39 is 37.1 Å². The largest absolute Gasteiger partial charge is 0.493 e. The molecule has 5 atom stereocenters. The van der Waals surface area contributed by atoms with Gasteiger partial charge in [-0.3, -0.25) is 0 Å². The van der Waals surface area contributed by atoms with Crippen molar-refractivity contribution in [2.45, 2.75) is 43.4 Å². The van der Waals surface area contributed by atoms with Crippen molar-refractivity contribution in [1.82, 2.24) is 0 Å². The molecule has 1 saturated heterocycles. The van der Waals surface area contributed by atoms with E-state index in [1.807, 2.05) is 42.5 Å². The lowest BCUT2D eigenvalue weighted by molar-refractivity contribution is -0.231. The van der Waals surface area contributed by atoms with Gasteiger partial charge in [0, 0.05) is 12.6 Å². The second kappa shape index (κ2) is 11.2. The minimum absolute atomic E-state index is 0.450. The second-order valence-corrected chi connectivity index (χ2v) is 7.42. The molecule has 0 amide bonds. The highest BCUT2D eigenvalue weighted by Crippen LogP contribution is 2.33. The summed E-state index contributed by atoms with van der Waals surface area (Å²) in [5.74, 6) is 0.768. The van der Waals surface area contributed by atoms with Crippen LogP contribution >= 0.6 is 0 Å². The number of benzene rings is 2. The fourth-order valence-electron chi connectivity index (χ4n) is 3.55. The molecule has 3 rings (SSSR count). The molecule has 8 heteroatoms. The van der Waals surface area contributed by atoms with E-state index in [0.29, 0.717) is 25.0 Å². The van der Waals surface area contributed by atoms with E-state index in [2.05, 4.69) is 9.99 Å². The predicted molar refractivity (Wildman–Crippen MR) is 114 cm³/mol. The number of oxime groups is 1. The summed E-state index contributed by atoms with van der Waals surface area (Å²) >= 11 is 0. The number of nitrogens with zero attached hydrogens (tertiary/aromatic N) is 1. The Kier molecular flexibility index (Phi) is 8.39. The number of hydrogen-bond donors (Lipinski definition) is 4. The Morgan fingerprint density at radius 1 is 1.00 bits per heavy atom. The van der Waals surface area contributed by atoms with E-state index in [-0.39, 0.29) is 0 Å². The third-order valence-electron chi connectivity index (χ3n) is 5.20. The second-order valence-electron chi connectivity index (χ2n) is 7.42. The van der Waals surface area contributed by atoms with E-state index >= 15 is 0 Å². The molecule has 0 aliphatic carbocycles. The van der Waals surface area contributed by atoms with E-state index in [1.54, 1.807) is 12.3 Å². The van der Waals surface area contributed by atoms with Gasteiger partial charge in [0.1, 0.15) is 43.4 Å². The quantitative estimate of drug-likeness (QED) is 0.267. The van der Waals surface area contributed by atoms with E-state index in [0.717, 1.165) is 16.9 Å². The molecule has 1 aliphatic rings. The van der Waals surface area contributed by atoms with Crippen LogP contribution in [0.25, 0.3) is 0 Å². The van der Waals surface area contributed by atoms with Crippen molar-refractivity contribution in [3.05, 3.63) is 65.2 Å². The van der Waals surface area contributed by atoms with Crippen LogP contribution in [-0.4, -0.2) is 71.4 Å². The van der Waals surface area contributed by atoms with Gasteiger partial charge in [-0.2, -0.15) is 0 Å². The molecule has 0 radical (unpaired) electrons. The molecule has 1 aliphatic heterocycles. The van der Waals surface area contributed by atoms with Crippen LogP contribution in [0.4, 0.5) is 0 Å². The topological polar surface area (TPSA) is 121 Å². The van der Waals surface area contributed by atoms with Crippen molar-refractivity contribution < 1.29 is 34.7 Å². The highest BCUT2D eigenvalue weighted by Gasteiger charge is 2.43. The molecule has 1 heterocycles. The monoisotopic (exact) mass is 431 g/mol. The van der Waals surface area contributed by atoms with Gasteiger partial charge in [-0.1, -0.05) is 41.6 Å². The molecule has 31 heavy (non-hydrogen) atoms. The molecule has 0 aromatic heterocycles. The normalized spacial score (nSPS) is 26.2. The first-order valence-corrected chi connectivity index (χ1v) is 10.2. The van der Waals surface area contributed by atoms with Crippen molar-refractivity contribution in [3.8, 4) is 5.75 Å². The summed E-state index contributed by atoms with van der Waals surface area (Å²) < 4.78 is 11.3. The molecule has 2 aromatic carbocycles. The molecular formula is C23H29NO7. The average Bonchev–Trinajstić information content (AvgIpc) is 2.79. The molecule has 2 aromatic rings. The van der Waals surface area contributed by atoms with Crippen molar-refractivity contribution >= 4 is 6.21 Å². The van der Waals surface area contributed by atoms with Crippen LogP contribution in [-0.2, 0) is 16.0 Å². The van der Waals surface area contributed by atoms with Crippen molar-refractivity contribution in [2.75, 3.05) is 20.3 Å². The number of ether oxygens (including phenoxy) is 2. The maximum atomic E-state index is 10.4. The summed E-state index contributed by atoms with van der Waals surface area (Å²) in [6, 6.07) is 15.3. The highest BCUT2D eigenvalue weighted by atomic mass is 16.6. The zero-order chi connectivity index (χ0) is 22.2. The van der Waals surface area contributed by atoms with E-state index in [9.17, 15) is 20.4 Å². The van der Waals surface area contributed by atoms with Gasteiger partial charge in [-0.05, 0) is 35.2 Å². The van der Waals surface area contributed by atoms with E-state index in [4.69, 9.17) is 9.47 Å². The lowest BCUT2D eigenvalue weighted by Gasteiger charge is -2.40. The minimum atomic E-state index is -1.40. The Morgan fingerprint density at radius 2 is 1.77 bits per heavy atom. The van der Waals surface area contributed by atoms with Crippen LogP contribution in [0.15, 0.2) is 53.7 Å². The number of hydrogen-bond acceptors (Lipinski definition) is 8. The first kappa shape index (κ1) is 23.2. The molecule has 0 bridgehead atoms. The third-order valence-corrected chi connectivity index (χ3v) is 5.20. The molecule has 4 N–H and O–H groups in total. The standard InChI is InChI=1S/C23H29NO7/c1-29-24-10-3-11-30-18-8-6-15(7-9-18)12-16-4-2-5-17(13-16)23-22(28)21(27)20(26)19(14-25)31-23/h2,4-10,13,19-23,25-28H,3,11-12,14H2,1H3/t19-,20-,21+,22-,23+/m1/s1. The Morgan fingerprint density at radius 3 is 2.48 bits per heavy atom. The fraction of sp³-hybridized carbons (Fsp3) is 0.435. The van der Waals surface area contributed by atoms with Crippen LogP contribution in [0.5, 0.6) is 5.75 Å². The SMILES string of the molecule is CON=CCCOc1ccc(Cc2cccc([C@@H]3O[C@H](CO)[C@@H](O)[C@H](O)[C@H]3O)c2)cc1. The zero-order valence-corrected chi connectivity index (χ0v) is 17.4. The van der Waals surface area contributed by atoms with Gasteiger partial charge in [0.15, 0.2) is 0 Å². The van der Waals surface area contributed by atoms with Gasteiger partial charge in [0.05, 0.1) is 13.2 Å². The molecule has 168 valence electrons. The van der Waals surface area contributed by atoms with Gasteiger partial charge in [-0.25, -0.2) is 0 Å². The van der Waals surface area contributed by atoms with Crippen molar-refractivity contribution in [2.24, 2.45) is 5.16 Å². The third kappa shape index (κ3) is 6.03. The summed E-state index contributed by atoms with van der Waals surface area (Å²) in [6.07, 6.45) is -2.87. The summed E-state index contributed by atoms with van der Waals surface area (Å²) in [6.45, 7) is 0.0576. The van der Waals surface area contributed by atoms with Crippen LogP contribution in [0.2, 0.25) is 0 Å². The lowest BCUT2D eigenvalue weighted by Crippen LogP contribution is -2.55. The summed E-state index contributed by atoms with van der Waals surface area (Å²) in [4.78, 5) is 4.60. The summed E-state index contributed by atoms with van der Waals surface area (Å²) in [5.41, 5.74) is 2.75. The Balaban J connectivity index is 1.63. The zero-order valence-electron chi connectivity index (χ0n) is 17.4. The lowest BCUT2D eigenvalue weighted by atomic mass is 9.90. The summed E-state index contributed by atoms with van der Waals surface area (Å²) in [7, 11) is 1.50. The van der Waals surface area contributed by atoms with Gasteiger partial charge in [-0.15, -0.1) is 0 Å². The van der Waals surface area contributed by atoms with Crippen molar-refractivity contribution in [1.29, 1.82) is 0 Å². The van der Waals surface area contributed by atoms with E-state index in [1.165, 1.54) is 7.11 Å². The Bertz CT molecular complexity index is 840. The Hall–Kier alpha value is -2.49. The first-order valence-electron chi connectivity index (χ1n) is 10.2. The first-order chi connectivity index (χ1) is 15.0. The van der Waals surface area contributed by atoms with Crippen LogP contribution in [0.3, 0.4) is 0 Å².